The van der Waals surface area contributed by atoms with Crippen molar-refractivity contribution >= 4 is 40.9 Å². The van der Waals surface area contributed by atoms with Crippen LogP contribution in [0.4, 0.5) is 5.69 Å². The van der Waals surface area contributed by atoms with E-state index in [0.29, 0.717) is 46.0 Å². The molecule has 3 aromatic carbocycles. The third-order valence-corrected chi connectivity index (χ3v) is 5.31. The first-order valence-corrected chi connectivity index (χ1v) is 11.4. The number of nitrogens with one attached hydrogen (secondary N) is 1. The minimum atomic E-state index is -0.547. The van der Waals surface area contributed by atoms with Crippen LogP contribution in [0, 0.1) is 25.2 Å². The molecule has 0 unspecified atom stereocenters. The number of ether oxygens (including phenoxy) is 2. The van der Waals surface area contributed by atoms with Crippen LogP contribution in [0.1, 0.15) is 29.2 Å². The van der Waals surface area contributed by atoms with Crippen LogP contribution in [-0.4, -0.2) is 12.5 Å². The molecule has 7 heteroatoms. The van der Waals surface area contributed by atoms with Crippen molar-refractivity contribution in [3.05, 3.63) is 92.5 Å². The Morgan fingerprint density at radius 2 is 1.71 bits per heavy atom. The topological polar surface area (TPSA) is 71.3 Å². The van der Waals surface area contributed by atoms with Crippen LogP contribution in [0.5, 0.6) is 11.5 Å². The highest BCUT2D eigenvalue weighted by molar-refractivity contribution is 6.32. The molecule has 0 aliphatic carbocycles. The van der Waals surface area contributed by atoms with E-state index in [-0.39, 0.29) is 5.57 Å². The quantitative estimate of drug-likeness (QED) is 0.267. The zero-order valence-corrected chi connectivity index (χ0v) is 20.6. The summed E-state index contributed by atoms with van der Waals surface area (Å²) in [6.07, 6.45) is 1.45. The molecule has 1 amide bonds. The molecule has 0 heterocycles. The Balaban J connectivity index is 1.85. The standard InChI is InChI=1S/C27H24Cl2N2O3/c1-4-33-25-14-19(12-21(15-30)27(32)31-23-7-5-22(28)6-8-23)13-24(29)26(25)34-16-20-10-17(2)9-18(3)11-20/h5-14H,4,16H2,1-3H3,(H,31,32)/b21-12+. The first-order valence-electron chi connectivity index (χ1n) is 10.6. The van der Waals surface area contributed by atoms with Gasteiger partial charge in [-0.15, -0.1) is 0 Å². The third kappa shape index (κ3) is 6.77. The SMILES string of the molecule is CCOc1cc(/C=C(\C#N)C(=O)Nc2ccc(Cl)cc2)cc(Cl)c1OCc1cc(C)cc(C)c1. The molecule has 34 heavy (non-hydrogen) atoms. The maximum absolute atomic E-state index is 12.6. The molecule has 1 N–H and O–H groups in total. The van der Waals surface area contributed by atoms with Gasteiger partial charge < -0.3 is 14.8 Å². The third-order valence-electron chi connectivity index (χ3n) is 4.77. The van der Waals surface area contributed by atoms with E-state index in [9.17, 15) is 10.1 Å². The number of benzene rings is 3. The van der Waals surface area contributed by atoms with Crippen LogP contribution in [0.2, 0.25) is 10.0 Å². The number of hydrogen-bond donors (Lipinski definition) is 1. The van der Waals surface area contributed by atoms with Crippen molar-refractivity contribution in [1.82, 2.24) is 0 Å². The van der Waals surface area contributed by atoms with Crippen molar-refractivity contribution in [3.63, 3.8) is 0 Å². The van der Waals surface area contributed by atoms with E-state index < -0.39 is 5.91 Å². The van der Waals surface area contributed by atoms with Gasteiger partial charge in [-0.1, -0.05) is 52.5 Å². The Hall–Kier alpha value is -3.46. The van der Waals surface area contributed by atoms with E-state index in [2.05, 4.69) is 23.5 Å². The Morgan fingerprint density at radius 1 is 1.03 bits per heavy atom. The minimum absolute atomic E-state index is 0.0858. The first kappa shape index (κ1) is 25.2. The highest BCUT2D eigenvalue weighted by Crippen LogP contribution is 2.38. The summed E-state index contributed by atoms with van der Waals surface area (Å²) in [5.74, 6) is 0.291. The summed E-state index contributed by atoms with van der Waals surface area (Å²) in [4.78, 5) is 12.6. The minimum Gasteiger partial charge on any atom is -0.490 e. The van der Waals surface area contributed by atoms with Crippen LogP contribution in [0.3, 0.4) is 0 Å². The second-order valence-corrected chi connectivity index (χ2v) is 8.52. The zero-order chi connectivity index (χ0) is 24.7. The summed E-state index contributed by atoms with van der Waals surface area (Å²) in [6.45, 7) is 6.64. The fraction of sp³-hybridized carbons (Fsp3) is 0.185. The number of amides is 1. The molecule has 174 valence electrons. The molecule has 0 saturated heterocycles. The van der Waals surface area contributed by atoms with Crippen molar-refractivity contribution in [3.8, 4) is 17.6 Å². The van der Waals surface area contributed by atoms with Gasteiger partial charge in [-0.3, -0.25) is 4.79 Å². The predicted molar refractivity (Wildman–Crippen MR) is 137 cm³/mol. The lowest BCUT2D eigenvalue weighted by Gasteiger charge is -2.15. The average molecular weight is 495 g/mol. The first-order chi connectivity index (χ1) is 16.3. The molecule has 0 atom stereocenters. The number of hydrogen-bond acceptors (Lipinski definition) is 4. The molecule has 0 radical (unpaired) electrons. The fourth-order valence-corrected chi connectivity index (χ4v) is 3.83. The maximum atomic E-state index is 12.6. The summed E-state index contributed by atoms with van der Waals surface area (Å²) in [7, 11) is 0. The number of rotatable bonds is 8. The number of anilines is 1. The molecule has 0 aromatic heterocycles. The molecule has 0 fully saturated rings. The van der Waals surface area contributed by atoms with E-state index in [0.717, 1.165) is 16.7 Å². The number of halogens is 2. The number of nitriles is 1. The molecular formula is C27H24Cl2N2O3. The number of carbonyl (C=O) groups excluding carboxylic acids is 1. The van der Waals surface area contributed by atoms with E-state index in [4.69, 9.17) is 32.7 Å². The lowest BCUT2D eigenvalue weighted by Crippen LogP contribution is -2.13. The van der Waals surface area contributed by atoms with Gasteiger partial charge >= 0.3 is 0 Å². The van der Waals surface area contributed by atoms with Crippen LogP contribution >= 0.6 is 23.2 Å². The zero-order valence-electron chi connectivity index (χ0n) is 19.1. The van der Waals surface area contributed by atoms with Crippen LogP contribution in [0.15, 0.2) is 60.2 Å². The largest absolute Gasteiger partial charge is 0.490 e. The van der Waals surface area contributed by atoms with E-state index in [1.165, 1.54) is 6.08 Å². The molecule has 3 rings (SSSR count). The molecular weight excluding hydrogens is 471 g/mol. The molecule has 3 aromatic rings. The summed E-state index contributed by atoms with van der Waals surface area (Å²) in [6, 6.07) is 18.1. The predicted octanol–water partition coefficient (Wildman–Crippen LogP) is 7.13. The molecule has 0 saturated carbocycles. The van der Waals surface area contributed by atoms with Crippen LogP contribution in [-0.2, 0) is 11.4 Å². The molecule has 0 aliphatic heterocycles. The van der Waals surface area contributed by atoms with Crippen molar-refractivity contribution in [2.24, 2.45) is 0 Å². The normalized spacial score (nSPS) is 11.0. The van der Waals surface area contributed by atoms with Crippen molar-refractivity contribution in [1.29, 1.82) is 5.26 Å². The summed E-state index contributed by atoms with van der Waals surface area (Å²) in [5.41, 5.74) is 4.30. The van der Waals surface area contributed by atoms with E-state index >= 15 is 0 Å². The van der Waals surface area contributed by atoms with Gasteiger partial charge in [0.05, 0.1) is 11.6 Å². The van der Waals surface area contributed by atoms with Gasteiger partial charge in [0, 0.05) is 10.7 Å². The van der Waals surface area contributed by atoms with Gasteiger partial charge in [0.25, 0.3) is 5.91 Å². The second-order valence-electron chi connectivity index (χ2n) is 7.68. The Bertz CT molecular complexity index is 1240. The lowest BCUT2D eigenvalue weighted by atomic mass is 10.1. The highest BCUT2D eigenvalue weighted by atomic mass is 35.5. The van der Waals surface area contributed by atoms with Gasteiger partial charge in [-0.05, 0) is 74.4 Å². The second kappa shape index (κ2) is 11.6. The van der Waals surface area contributed by atoms with E-state index in [1.807, 2.05) is 26.8 Å². The summed E-state index contributed by atoms with van der Waals surface area (Å²) >= 11 is 12.4. The van der Waals surface area contributed by atoms with Gasteiger partial charge in [0.2, 0.25) is 0 Å². The number of nitrogens with zero attached hydrogens (tertiary/aromatic N) is 1. The summed E-state index contributed by atoms with van der Waals surface area (Å²) < 4.78 is 11.7. The fourth-order valence-electron chi connectivity index (χ4n) is 3.43. The van der Waals surface area contributed by atoms with Crippen molar-refractivity contribution < 1.29 is 14.3 Å². The Labute approximate surface area is 209 Å². The molecule has 5 nitrogen and oxygen atoms in total. The van der Waals surface area contributed by atoms with E-state index in [1.54, 1.807) is 36.4 Å². The average Bonchev–Trinajstić information content (AvgIpc) is 2.78. The smallest absolute Gasteiger partial charge is 0.266 e. The van der Waals surface area contributed by atoms with Gasteiger partial charge in [-0.2, -0.15) is 5.26 Å². The highest BCUT2D eigenvalue weighted by Gasteiger charge is 2.15. The lowest BCUT2D eigenvalue weighted by molar-refractivity contribution is -0.112. The maximum Gasteiger partial charge on any atom is 0.266 e. The van der Waals surface area contributed by atoms with Crippen molar-refractivity contribution in [2.75, 3.05) is 11.9 Å². The van der Waals surface area contributed by atoms with Crippen molar-refractivity contribution in [2.45, 2.75) is 27.4 Å². The molecule has 0 spiro atoms. The Kier molecular flexibility index (Phi) is 8.59. The van der Waals surface area contributed by atoms with Gasteiger partial charge in [0.15, 0.2) is 11.5 Å². The number of carbonyl (C=O) groups is 1. The van der Waals surface area contributed by atoms with Gasteiger partial charge in [-0.25, -0.2) is 0 Å². The number of aryl methyl sites for hydroxylation is 2. The molecule has 0 bridgehead atoms. The van der Waals surface area contributed by atoms with Crippen LogP contribution in [0.25, 0.3) is 6.08 Å². The molecule has 0 aliphatic rings. The summed E-state index contributed by atoms with van der Waals surface area (Å²) in [5, 5.41) is 13.1. The Morgan fingerprint density at radius 3 is 2.32 bits per heavy atom. The monoisotopic (exact) mass is 494 g/mol. The van der Waals surface area contributed by atoms with Crippen LogP contribution < -0.4 is 14.8 Å². The van der Waals surface area contributed by atoms with Gasteiger partial charge in [0.1, 0.15) is 18.2 Å².